The van der Waals surface area contributed by atoms with E-state index in [0.717, 1.165) is 60.8 Å². The molecule has 4 aliphatic rings. The van der Waals surface area contributed by atoms with Gasteiger partial charge in [0.25, 0.3) is 0 Å². The molecule has 362 valence electrons. The minimum absolute atomic E-state index is 0.0263. The minimum Gasteiger partial charge on any atom is -0.396 e. The predicted octanol–water partition coefficient (Wildman–Crippen LogP) is 6.27. The molecule has 2 fully saturated rings. The summed E-state index contributed by atoms with van der Waals surface area (Å²) in [5.74, 6) is -0.846. The van der Waals surface area contributed by atoms with Crippen molar-refractivity contribution in [3.8, 4) is 0 Å². The number of hydrogen-bond donors (Lipinski definition) is 8. The Balaban J connectivity index is 1.51. The van der Waals surface area contributed by atoms with Crippen LogP contribution in [0.1, 0.15) is 96.6 Å². The molecule has 2 saturated carbocycles. The third-order valence-electron chi connectivity index (χ3n) is 15.4. The molecule has 65 heavy (non-hydrogen) atoms. The fourth-order valence-corrected chi connectivity index (χ4v) is 11.9. The molecule has 3 aliphatic carbocycles. The molecular formula is C54H83N3O8. The van der Waals surface area contributed by atoms with Crippen LogP contribution in [-0.2, 0) is 27.1 Å². The predicted molar refractivity (Wildman–Crippen MR) is 260 cm³/mol. The summed E-state index contributed by atoms with van der Waals surface area (Å²) in [5.41, 5.74) is 3.92. The molecule has 0 radical (unpaired) electrons. The Kier molecular flexibility index (Phi) is 19.8. The fourth-order valence-electron chi connectivity index (χ4n) is 11.9. The van der Waals surface area contributed by atoms with Gasteiger partial charge >= 0.3 is 0 Å². The first kappa shape index (κ1) is 52.9. The molecule has 11 nitrogen and oxygen atoms in total. The Morgan fingerprint density at radius 2 is 1.83 bits per heavy atom. The monoisotopic (exact) mass is 902 g/mol. The second-order valence-corrected chi connectivity index (χ2v) is 20.2. The number of carbonyl (C=O) groups is 1. The van der Waals surface area contributed by atoms with Gasteiger partial charge in [-0.3, -0.25) is 10.1 Å². The highest BCUT2D eigenvalue weighted by molar-refractivity contribution is 5.74. The number of nitrogens with one attached hydrogen (secondary N) is 3. The van der Waals surface area contributed by atoms with E-state index in [4.69, 9.17) is 9.47 Å². The SMILES string of the molecule is C=C(/C=C/C=C(/CO[C@H](O)CC(C)C)[C@@H]1CC[C@]2([C@@H]1O)[C@@H]1C(=C(C)C=O)[C@@H](C=C[C@H]1CCO)C[C@]2(O)CCNC)[C@H]1C/C=C(\C)[C@@H](O)N[C@@](CCNC)(CCOC)Cc2cccc(c2)C1. The molecule has 5 rings (SSSR count). The van der Waals surface area contributed by atoms with Crippen LogP contribution in [0.4, 0.5) is 0 Å². The molecule has 1 aromatic rings. The van der Waals surface area contributed by atoms with Gasteiger partial charge in [0.15, 0.2) is 6.29 Å². The van der Waals surface area contributed by atoms with Crippen LogP contribution in [0.2, 0.25) is 0 Å². The topological polar surface area (TPSA) is 173 Å². The van der Waals surface area contributed by atoms with Crippen molar-refractivity contribution in [2.75, 3.05) is 54.1 Å². The number of carbonyl (C=O) groups excluding carboxylic acids is 1. The van der Waals surface area contributed by atoms with Crippen LogP contribution < -0.4 is 16.0 Å². The van der Waals surface area contributed by atoms with Gasteiger partial charge in [0, 0.05) is 49.5 Å². The van der Waals surface area contributed by atoms with Gasteiger partial charge in [0.1, 0.15) is 12.5 Å². The molecule has 0 unspecified atom stereocenters. The summed E-state index contributed by atoms with van der Waals surface area (Å²) in [6, 6.07) is 8.73. The van der Waals surface area contributed by atoms with Crippen LogP contribution in [0, 0.1) is 40.9 Å². The van der Waals surface area contributed by atoms with Gasteiger partial charge in [-0.1, -0.05) is 92.3 Å². The Hall–Kier alpha value is -3.07. The molecule has 0 amide bonds. The van der Waals surface area contributed by atoms with E-state index in [9.17, 15) is 30.3 Å². The van der Waals surface area contributed by atoms with Crippen molar-refractivity contribution in [2.24, 2.45) is 40.9 Å². The smallest absolute Gasteiger partial charge is 0.155 e. The summed E-state index contributed by atoms with van der Waals surface area (Å²) in [6.45, 7) is 14.4. The third kappa shape index (κ3) is 12.5. The van der Waals surface area contributed by atoms with Crippen molar-refractivity contribution in [3.05, 3.63) is 106 Å². The van der Waals surface area contributed by atoms with E-state index >= 15 is 0 Å². The zero-order valence-electron chi connectivity index (χ0n) is 40.5. The van der Waals surface area contributed by atoms with Gasteiger partial charge in [-0.05, 0) is 157 Å². The van der Waals surface area contributed by atoms with Crippen molar-refractivity contribution in [3.63, 3.8) is 0 Å². The number of ether oxygens (including phenoxy) is 2. The van der Waals surface area contributed by atoms with Crippen LogP contribution in [0.25, 0.3) is 0 Å². The molecule has 1 aromatic carbocycles. The molecule has 11 atom stereocenters. The molecule has 0 saturated heterocycles. The largest absolute Gasteiger partial charge is 0.396 e. The Bertz CT molecular complexity index is 1880. The number of aldehydes is 1. The Labute approximate surface area is 390 Å². The van der Waals surface area contributed by atoms with Crippen molar-refractivity contribution in [1.82, 2.24) is 16.0 Å². The quantitative estimate of drug-likeness (QED) is 0.0230. The van der Waals surface area contributed by atoms with Gasteiger partial charge in [0.05, 0.1) is 18.3 Å². The lowest BCUT2D eigenvalue weighted by Gasteiger charge is -2.61. The number of methoxy groups -OCH3 is 1. The second kappa shape index (κ2) is 24.3. The van der Waals surface area contributed by atoms with E-state index < -0.39 is 35.6 Å². The van der Waals surface area contributed by atoms with E-state index in [0.29, 0.717) is 63.7 Å². The molecule has 1 spiro atoms. The summed E-state index contributed by atoms with van der Waals surface area (Å²) < 4.78 is 11.7. The number of hydrogen-bond acceptors (Lipinski definition) is 11. The van der Waals surface area contributed by atoms with E-state index in [1.54, 1.807) is 7.11 Å². The first-order chi connectivity index (χ1) is 31.1. The van der Waals surface area contributed by atoms with Crippen LogP contribution >= 0.6 is 0 Å². The molecule has 1 aliphatic heterocycles. The van der Waals surface area contributed by atoms with Crippen molar-refractivity contribution in [2.45, 2.75) is 128 Å². The number of aliphatic hydroxyl groups excluding tert-OH is 4. The maximum Gasteiger partial charge on any atom is 0.155 e. The number of allylic oxidation sites excluding steroid dienone is 9. The first-order valence-electron chi connectivity index (χ1n) is 24.3. The van der Waals surface area contributed by atoms with Crippen molar-refractivity contribution in [1.29, 1.82) is 0 Å². The van der Waals surface area contributed by atoms with Crippen molar-refractivity contribution >= 4 is 6.29 Å². The standard InChI is InChI=1S/C54H83N3O8/c1-36(2)29-47(60)65-35-45(46-19-21-54(50(46)61)49-42(20-27-58)17-18-44(48(49)39(5)34-59)33-53(54,63)23-26-56-7)14-9-11-37(3)43-16-15-38(4)51(62)57-52(22-25-55-6,24-28-64-8)32-41-13-10-12-40(30-41)31-43/h9-15,17-18,30,34,36,42-44,46-47,49-51,55-58,60-63H,3,16,19-29,31-33,35H2,1-2,4-8H3/b11-9+,38-15+,45-14-,48-39?/t42-,43-,44-,46-,47-,49-,50+,51+,52-,53+,54+/m0/s1. The fraction of sp³-hybridized carbons (Fsp3) is 0.648. The summed E-state index contributed by atoms with van der Waals surface area (Å²) in [4.78, 5) is 12.5. The number of benzene rings is 1. The van der Waals surface area contributed by atoms with E-state index in [2.05, 4.69) is 65.0 Å². The second-order valence-electron chi connectivity index (χ2n) is 20.2. The zero-order chi connectivity index (χ0) is 47.4. The summed E-state index contributed by atoms with van der Waals surface area (Å²) in [6.07, 6.45) is 16.9. The molecule has 11 heteroatoms. The summed E-state index contributed by atoms with van der Waals surface area (Å²) in [7, 11) is 5.53. The van der Waals surface area contributed by atoms with Gasteiger partial charge < -0.3 is 45.6 Å². The number of rotatable bonds is 21. The van der Waals surface area contributed by atoms with Crippen LogP contribution in [0.5, 0.6) is 0 Å². The Morgan fingerprint density at radius 3 is 2.52 bits per heavy atom. The van der Waals surface area contributed by atoms with Crippen LogP contribution in [0.15, 0.2) is 95.2 Å². The molecule has 1 heterocycles. The first-order valence-corrected chi connectivity index (χ1v) is 24.3. The maximum absolute atomic E-state index is 13.0. The highest BCUT2D eigenvalue weighted by atomic mass is 16.6. The maximum atomic E-state index is 13.0. The van der Waals surface area contributed by atoms with E-state index in [1.165, 1.54) is 11.1 Å². The minimum atomic E-state index is -1.27. The average Bonchev–Trinajstić information content (AvgIpc) is 3.62. The lowest BCUT2D eigenvalue weighted by Crippen LogP contribution is -2.65. The van der Waals surface area contributed by atoms with Crippen LogP contribution in [0.3, 0.4) is 0 Å². The summed E-state index contributed by atoms with van der Waals surface area (Å²) in [5, 5.41) is 69.0. The van der Waals surface area contributed by atoms with Crippen LogP contribution in [-0.4, -0.2) is 116 Å². The molecule has 0 aromatic heterocycles. The van der Waals surface area contributed by atoms with E-state index in [1.807, 2.05) is 60.0 Å². The molecule has 8 N–H and O–H groups in total. The number of aliphatic hydroxyl groups is 5. The molecule has 4 bridgehead atoms. The highest BCUT2D eigenvalue weighted by Crippen LogP contribution is 2.67. The zero-order valence-corrected chi connectivity index (χ0v) is 40.5. The summed E-state index contributed by atoms with van der Waals surface area (Å²) >= 11 is 0. The van der Waals surface area contributed by atoms with Crippen molar-refractivity contribution < 1.29 is 39.8 Å². The third-order valence-corrected chi connectivity index (χ3v) is 15.4. The average molecular weight is 902 g/mol. The lowest BCUT2D eigenvalue weighted by molar-refractivity contribution is -0.194. The van der Waals surface area contributed by atoms with Gasteiger partial charge in [0.2, 0.25) is 0 Å². The Morgan fingerprint density at radius 1 is 1.09 bits per heavy atom. The van der Waals surface area contributed by atoms with E-state index in [-0.39, 0.29) is 48.3 Å². The number of fused-ring (bicyclic) bond motifs is 5. The van der Waals surface area contributed by atoms with Gasteiger partial charge in [-0.15, -0.1) is 0 Å². The normalized spacial score (nSPS) is 34.0. The lowest BCUT2D eigenvalue weighted by atomic mass is 9.45. The van der Waals surface area contributed by atoms with Gasteiger partial charge in [-0.2, -0.15) is 0 Å². The molecular weight excluding hydrogens is 819 g/mol. The van der Waals surface area contributed by atoms with Gasteiger partial charge in [-0.25, -0.2) is 0 Å². The highest BCUT2D eigenvalue weighted by Gasteiger charge is 2.68.